The van der Waals surface area contributed by atoms with Crippen LogP contribution in [0.5, 0.6) is 0 Å². The van der Waals surface area contributed by atoms with Crippen molar-refractivity contribution >= 4 is 21.9 Å². The number of nitrogens with two attached hydrogens (primary N) is 2. The maximum Gasteiger partial charge on any atom is 0.241 e. The molecule has 0 aromatic carbocycles. The summed E-state index contributed by atoms with van der Waals surface area (Å²) in [5.41, 5.74) is 6.06. The van der Waals surface area contributed by atoms with Crippen LogP contribution in [0.15, 0.2) is 22.8 Å². The summed E-state index contributed by atoms with van der Waals surface area (Å²) in [6, 6.07) is 3.62. The highest BCUT2D eigenvalue weighted by Crippen LogP contribution is 2.16. The molecule has 2 aromatic heterocycles. The molecule has 0 saturated heterocycles. The summed E-state index contributed by atoms with van der Waals surface area (Å²) in [6.07, 6.45) is 1.65. The number of hydrogen-bond donors (Lipinski definition) is 2. The standard InChI is InChI=1S/C7H7BrN6/c8-4-1-2-5(11-3-4)6-12-13-7(9)14(6)10/h1-3H,10H2,(H2,9,13). The van der Waals surface area contributed by atoms with E-state index in [1.54, 1.807) is 12.3 Å². The topological polar surface area (TPSA) is 95.6 Å². The van der Waals surface area contributed by atoms with E-state index in [9.17, 15) is 0 Å². The highest BCUT2D eigenvalue weighted by atomic mass is 79.9. The molecule has 0 atom stereocenters. The first-order valence-electron chi connectivity index (χ1n) is 3.76. The molecule has 0 radical (unpaired) electrons. The van der Waals surface area contributed by atoms with Crippen LogP contribution in [0, 0.1) is 0 Å². The van der Waals surface area contributed by atoms with Gasteiger partial charge in [0.05, 0.1) is 0 Å². The van der Waals surface area contributed by atoms with Gasteiger partial charge in [0.1, 0.15) is 5.69 Å². The Kier molecular flexibility index (Phi) is 2.08. The van der Waals surface area contributed by atoms with Crippen LogP contribution in [0.2, 0.25) is 0 Å². The maximum atomic E-state index is 5.59. The van der Waals surface area contributed by atoms with E-state index in [2.05, 4.69) is 31.1 Å². The Morgan fingerprint density at radius 1 is 1.29 bits per heavy atom. The van der Waals surface area contributed by atoms with Gasteiger partial charge in [-0.05, 0) is 28.1 Å². The molecule has 2 heterocycles. The molecular formula is C7H7BrN6. The van der Waals surface area contributed by atoms with Crippen molar-refractivity contribution in [3.05, 3.63) is 22.8 Å². The largest absolute Gasteiger partial charge is 0.366 e. The second kappa shape index (κ2) is 3.26. The highest BCUT2D eigenvalue weighted by Gasteiger charge is 2.09. The number of nitrogen functional groups attached to an aromatic ring is 2. The molecule has 0 aliphatic rings. The zero-order valence-corrected chi connectivity index (χ0v) is 8.64. The first kappa shape index (κ1) is 8.95. The van der Waals surface area contributed by atoms with E-state index in [-0.39, 0.29) is 5.95 Å². The first-order valence-corrected chi connectivity index (χ1v) is 4.55. The lowest BCUT2D eigenvalue weighted by Gasteiger charge is -1.99. The lowest BCUT2D eigenvalue weighted by molar-refractivity contribution is 1.01. The lowest BCUT2D eigenvalue weighted by Crippen LogP contribution is -2.13. The molecule has 2 rings (SSSR count). The zero-order chi connectivity index (χ0) is 10.1. The molecule has 0 spiro atoms. The average molecular weight is 255 g/mol. The summed E-state index contributed by atoms with van der Waals surface area (Å²) in [7, 11) is 0. The monoisotopic (exact) mass is 254 g/mol. The number of rotatable bonds is 1. The van der Waals surface area contributed by atoms with Crippen molar-refractivity contribution in [1.29, 1.82) is 0 Å². The van der Waals surface area contributed by atoms with Crippen LogP contribution in [0.4, 0.5) is 5.95 Å². The molecule has 0 amide bonds. The van der Waals surface area contributed by atoms with Gasteiger partial charge in [-0.1, -0.05) is 0 Å². The second-order valence-corrected chi connectivity index (χ2v) is 3.53. The molecule has 6 nitrogen and oxygen atoms in total. The third kappa shape index (κ3) is 1.41. The summed E-state index contributed by atoms with van der Waals surface area (Å²) in [6.45, 7) is 0. The molecule has 0 unspecified atom stereocenters. The molecule has 0 aliphatic carbocycles. The van der Waals surface area contributed by atoms with E-state index in [4.69, 9.17) is 11.6 Å². The van der Waals surface area contributed by atoms with Gasteiger partial charge in [-0.15, -0.1) is 10.2 Å². The van der Waals surface area contributed by atoms with E-state index in [1.165, 1.54) is 4.68 Å². The molecule has 0 bridgehead atoms. The first-order chi connectivity index (χ1) is 6.68. The summed E-state index contributed by atoms with van der Waals surface area (Å²) < 4.78 is 2.08. The summed E-state index contributed by atoms with van der Waals surface area (Å²) in [5.74, 6) is 6.18. The van der Waals surface area contributed by atoms with Crippen molar-refractivity contribution < 1.29 is 0 Å². The van der Waals surface area contributed by atoms with Crippen LogP contribution in [-0.2, 0) is 0 Å². The fourth-order valence-corrected chi connectivity index (χ4v) is 1.22. The van der Waals surface area contributed by atoms with Gasteiger partial charge in [0.2, 0.25) is 11.8 Å². The van der Waals surface area contributed by atoms with Crippen LogP contribution in [0.1, 0.15) is 0 Å². The minimum Gasteiger partial charge on any atom is -0.366 e. The third-order valence-electron chi connectivity index (χ3n) is 1.68. The predicted octanol–water partition coefficient (Wildman–Crippen LogP) is 0.399. The quantitative estimate of drug-likeness (QED) is 0.719. The Labute approximate surface area is 88.1 Å². The molecule has 7 heteroatoms. The fraction of sp³-hybridized carbons (Fsp3) is 0. The van der Waals surface area contributed by atoms with Crippen LogP contribution >= 0.6 is 15.9 Å². The molecule has 72 valence electrons. The molecule has 0 aliphatic heterocycles. The number of halogens is 1. The number of aromatic nitrogens is 4. The van der Waals surface area contributed by atoms with Crippen molar-refractivity contribution in [1.82, 2.24) is 19.9 Å². The van der Waals surface area contributed by atoms with Gasteiger partial charge in [-0.3, -0.25) is 4.98 Å². The number of anilines is 1. The van der Waals surface area contributed by atoms with Crippen LogP contribution in [0.3, 0.4) is 0 Å². The smallest absolute Gasteiger partial charge is 0.241 e. The Morgan fingerprint density at radius 2 is 2.07 bits per heavy atom. The van der Waals surface area contributed by atoms with Gasteiger partial charge in [0, 0.05) is 10.7 Å². The average Bonchev–Trinajstić information content (AvgIpc) is 2.50. The van der Waals surface area contributed by atoms with Gasteiger partial charge in [-0.2, -0.15) is 0 Å². The van der Waals surface area contributed by atoms with Crippen LogP contribution in [0.25, 0.3) is 11.5 Å². The van der Waals surface area contributed by atoms with Crippen LogP contribution in [-0.4, -0.2) is 19.9 Å². The summed E-state index contributed by atoms with van der Waals surface area (Å²) in [4.78, 5) is 4.12. The Morgan fingerprint density at radius 3 is 2.57 bits per heavy atom. The van der Waals surface area contributed by atoms with Crippen molar-refractivity contribution in [2.45, 2.75) is 0 Å². The summed E-state index contributed by atoms with van der Waals surface area (Å²) in [5, 5.41) is 7.43. The highest BCUT2D eigenvalue weighted by molar-refractivity contribution is 9.10. The van der Waals surface area contributed by atoms with E-state index in [0.29, 0.717) is 11.5 Å². The van der Waals surface area contributed by atoms with Crippen molar-refractivity contribution in [3.8, 4) is 11.5 Å². The Hall–Kier alpha value is -1.63. The normalized spacial score (nSPS) is 10.4. The van der Waals surface area contributed by atoms with E-state index in [1.807, 2.05) is 6.07 Å². The van der Waals surface area contributed by atoms with Crippen molar-refractivity contribution in [2.75, 3.05) is 11.6 Å². The minimum atomic E-state index is 0.157. The number of pyridine rings is 1. The number of hydrogen-bond acceptors (Lipinski definition) is 5. The second-order valence-electron chi connectivity index (χ2n) is 2.61. The van der Waals surface area contributed by atoms with Crippen molar-refractivity contribution in [3.63, 3.8) is 0 Å². The minimum absolute atomic E-state index is 0.157. The third-order valence-corrected chi connectivity index (χ3v) is 2.15. The zero-order valence-electron chi connectivity index (χ0n) is 7.05. The Bertz CT molecular complexity index is 448. The van der Waals surface area contributed by atoms with E-state index < -0.39 is 0 Å². The molecule has 0 saturated carbocycles. The SMILES string of the molecule is Nc1nnc(-c2ccc(Br)cn2)n1N. The van der Waals surface area contributed by atoms with E-state index >= 15 is 0 Å². The molecule has 14 heavy (non-hydrogen) atoms. The molecule has 4 N–H and O–H groups in total. The van der Waals surface area contributed by atoms with Gasteiger partial charge < -0.3 is 11.6 Å². The predicted molar refractivity (Wildman–Crippen MR) is 55.5 cm³/mol. The van der Waals surface area contributed by atoms with Gasteiger partial charge in [0.15, 0.2) is 0 Å². The fourth-order valence-electron chi connectivity index (χ4n) is 0.986. The lowest BCUT2D eigenvalue weighted by atomic mass is 10.3. The van der Waals surface area contributed by atoms with Gasteiger partial charge >= 0.3 is 0 Å². The van der Waals surface area contributed by atoms with Crippen molar-refractivity contribution in [2.24, 2.45) is 0 Å². The Balaban J connectivity index is 2.49. The van der Waals surface area contributed by atoms with Gasteiger partial charge in [0.25, 0.3) is 0 Å². The molecule has 2 aromatic rings. The number of nitrogens with zero attached hydrogens (tertiary/aromatic N) is 4. The summed E-state index contributed by atoms with van der Waals surface area (Å²) >= 11 is 3.28. The van der Waals surface area contributed by atoms with E-state index in [0.717, 1.165) is 4.47 Å². The molecular weight excluding hydrogens is 248 g/mol. The van der Waals surface area contributed by atoms with Gasteiger partial charge in [-0.25, -0.2) is 4.68 Å². The van der Waals surface area contributed by atoms with Crippen LogP contribution < -0.4 is 11.6 Å². The molecule has 0 fully saturated rings. The maximum absolute atomic E-state index is 5.59.